The molecule has 0 saturated heterocycles. The fraction of sp³-hybridized carbons (Fsp3) is 1.00. The minimum absolute atomic E-state index is 0.0975. The summed E-state index contributed by atoms with van der Waals surface area (Å²) in [7, 11) is -2.94. The standard InChI is InChI=1S/C12H23NO3S/c1-17(15,16)12-7-3-6-11(12)13-9-4-2-5-10(14)8-9/h9-14H,2-8H2,1H3. The average molecular weight is 261 g/mol. The Morgan fingerprint density at radius 3 is 2.47 bits per heavy atom. The monoisotopic (exact) mass is 261 g/mol. The molecule has 100 valence electrons. The Labute approximate surface area is 104 Å². The fourth-order valence-electron chi connectivity index (χ4n) is 3.25. The summed E-state index contributed by atoms with van der Waals surface area (Å²) in [5.74, 6) is 0. The Hall–Kier alpha value is -0.130. The Kier molecular flexibility index (Phi) is 4.10. The van der Waals surface area contributed by atoms with Crippen molar-refractivity contribution in [1.29, 1.82) is 0 Å². The first-order valence-electron chi connectivity index (χ1n) is 6.60. The smallest absolute Gasteiger partial charge is 0.151 e. The lowest BCUT2D eigenvalue weighted by Crippen LogP contribution is -2.47. The van der Waals surface area contributed by atoms with Crippen molar-refractivity contribution in [3.63, 3.8) is 0 Å². The van der Waals surface area contributed by atoms with Crippen LogP contribution in [-0.2, 0) is 9.84 Å². The molecule has 4 nitrogen and oxygen atoms in total. The molecule has 2 aliphatic rings. The molecule has 2 N–H and O–H groups in total. The maximum atomic E-state index is 11.7. The quantitative estimate of drug-likeness (QED) is 0.790. The average Bonchev–Trinajstić information content (AvgIpc) is 2.65. The molecule has 4 unspecified atom stereocenters. The van der Waals surface area contributed by atoms with Gasteiger partial charge >= 0.3 is 0 Å². The van der Waals surface area contributed by atoms with Gasteiger partial charge in [0.2, 0.25) is 0 Å². The summed E-state index contributed by atoms with van der Waals surface area (Å²) in [6.07, 6.45) is 7.61. The van der Waals surface area contributed by atoms with Crippen LogP contribution in [-0.4, -0.2) is 43.2 Å². The van der Waals surface area contributed by atoms with Crippen LogP contribution in [0, 0.1) is 0 Å². The summed E-state index contributed by atoms with van der Waals surface area (Å²) in [4.78, 5) is 0. The van der Waals surface area contributed by atoms with Gasteiger partial charge in [0.1, 0.15) is 0 Å². The van der Waals surface area contributed by atoms with E-state index in [2.05, 4.69) is 5.32 Å². The number of aliphatic hydroxyl groups is 1. The van der Waals surface area contributed by atoms with Gasteiger partial charge in [-0.1, -0.05) is 6.42 Å². The highest BCUT2D eigenvalue weighted by Crippen LogP contribution is 2.27. The van der Waals surface area contributed by atoms with Crippen LogP contribution in [0.4, 0.5) is 0 Å². The van der Waals surface area contributed by atoms with Crippen molar-refractivity contribution >= 4 is 9.84 Å². The van der Waals surface area contributed by atoms with E-state index in [9.17, 15) is 13.5 Å². The molecule has 2 saturated carbocycles. The topological polar surface area (TPSA) is 66.4 Å². The van der Waals surface area contributed by atoms with Crippen molar-refractivity contribution < 1.29 is 13.5 Å². The highest BCUT2D eigenvalue weighted by atomic mass is 32.2. The first-order valence-corrected chi connectivity index (χ1v) is 8.55. The van der Waals surface area contributed by atoms with E-state index in [0.29, 0.717) is 6.04 Å². The van der Waals surface area contributed by atoms with Crippen molar-refractivity contribution in [2.75, 3.05) is 6.26 Å². The number of hydrogen-bond donors (Lipinski definition) is 2. The summed E-state index contributed by atoms with van der Waals surface area (Å²) in [5, 5.41) is 12.9. The summed E-state index contributed by atoms with van der Waals surface area (Å²) in [6, 6.07) is 0.395. The number of aliphatic hydroxyl groups excluding tert-OH is 1. The lowest BCUT2D eigenvalue weighted by molar-refractivity contribution is 0.109. The Morgan fingerprint density at radius 2 is 1.82 bits per heavy atom. The highest BCUT2D eigenvalue weighted by Gasteiger charge is 2.36. The van der Waals surface area contributed by atoms with Crippen LogP contribution in [0.25, 0.3) is 0 Å². The predicted octanol–water partition coefficient (Wildman–Crippen LogP) is 0.845. The second-order valence-corrected chi connectivity index (χ2v) is 7.85. The van der Waals surface area contributed by atoms with Crippen LogP contribution in [0.15, 0.2) is 0 Å². The largest absolute Gasteiger partial charge is 0.393 e. The number of hydrogen-bond acceptors (Lipinski definition) is 4. The minimum Gasteiger partial charge on any atom is -0.393 e. The zero-order valence-electron chi connectivity index (χ0n) is 10.4. The molecule has 4 atom stereocenters. The van der Waals surface area contributed by atoms with E-state index in [1.54, 1.807) is 0 Å². The van der Waals surface area contributed by atoms with Gasteiger partial charge in [-0.3, -0.25) is 0 Å². The molecule has 0 amide bonds. The fourth-order valence-corrected chi connectivity index (χ4v) is 4.65. The maximum absolute atomic E-state index is 11.7. The molecule has 0 aromatic carbocycles. The van der Waals surface area contributed by atoms with E-state index in [1.165, 1.54) is 6.26 Å². The van der Waals surface area contributed by atoms with Gasteiger partial charge in [0.15, 0.2) is 9.84 Å². The first-order chi connectivity index (χ1) is 7.97. The molecule has 5 heteroatoms. The van der Waals surface area contributed by atoms with Gasteiger partial charge in [0.05, 0.1) is 11.4 Å². The van der Waals surface area contributed by atoms with E-state index in [0.717, 1.165) is 44.9 Å². The summed E-state index contributed by atoms with van der Waals surface area (Å²) >= 11 is 0. The van der Waals surface area contributed by atoms with Gasteiger partial charge in [-0.05, 0) is 38.5 Å². The lowest BCUT2D eigenvalue weighted by atomic mass is 9.92. The zero-order valence-corrected chi connectivity index (χ0v) is 11.2. The molecule has 2 rings (SSSR count). The van der Waals surface area contributed by atoms with Crippen LogP contribution in [0.3, 0.4) is 0 Å². The van der Waals surface area contributed by atoms with Crippen molar-refractivity contribution in [3.05, 3.63) is 0 Å². The van der Waals surface area contributed by atoms with Gasteiger partial charge < -0.3 is 10.4 Å². The van der Waals surface area contributed by atoms with Crippen molar-refractivity contribution in [1.82, 2.24) is 5.32 Å². The summed E-state index contributed by atoms with van der Waals surface area (Å²) in [5.41, 5.74) is 0. The van der Waals surface area contributed by atoms with E-state index >= 15 is 0 Å². The third kappa shape index (κ3) is 3.42. The normalized spacial score (nSPS) is 39.4. The van der Waals surface area contributed by atoms with Gasteiger partial charge in [-0.25, -0.2) is 8.42 Å². The van der Waals surface area contributed by atoms with Crippen LogP contribution in [0.5, 0.6) is 0 Å². The SMILES string of the molecule is CS(=O)(=O)C1CCCC1NC1CCCC(O)C1. The number of sulfone groups is 1. The Morgan fingerprint density at radius 1 is 1.12 bits per heavy atom. The van der Waals surface area contributed by atoms with Crippen LogP contribution < -0.4 is 5.32 Å². The van der Waals surface area contributed by atoms with Crippen molar-refractivity contribution in [2.45, 2.75) is 68.4 Å². The molecule has 0 heterocycles. The highest BCUT2D eigenvalue weighted by molar-refractivity contribution is 7.91. The van der Waals surface area contributed by atoms with Crippen LogP contribution in [0.2, 0.25) is 0 Å². The predicted molar refractivity (Wildman–Crippen MR) is 67.7 cm³/mol. The minimum atomic E-state index is -2.94. The third-order valence-corrected chi connectivity index (χ3v) is 5.76. The zero-order chi connectivity index (χ0) is 12.5. The van der Waals surface area contributed by atoms with Gasteiger partial charge in [-0.2, -0.15) is 0 Å². The first kappa shape index (κ1) is 13.3. The van der Waals surface area contributed by atoms with Gasteiger partial charge in [0.25, 0.3) is 0 Å². The molecule has 2 aliphatic carbocycles. The maximum Gasteiger partial charge on any atom is 0.151 e. The molecular formula is C12H23NO3S. The van der Waals surface area contributed by atoms with E-state index in [1.807, 2.05) is 0 Å². The summed E-state index contributed by atoms with van der Waals surface area (Å²) < 4.78 is 23.3. The van der Waals surface area contributed by atoms with Crippen LogP contribution >= 0.6 is 0 Å². The van der Waals surface area contributed by atoms with Crippen molar-refractivity contribution in [3.8, 4) is 0 Å². The third-order valence-electron chi connectivity index (χ3n) is 4.10. The Bertz CT molecular complexity index is 355. The van der Waals surface area contributed by atoms with E-state index < -0.39 is 9.84 Å². The van der Waals surface area contributed by atoms with Gasteiger partial charge in [0, 0.05) is 18.3 Å². The van der Waals surface area contributed by atoms with Crippen molar-refractivity contribution in [2.24, 2.45) is 0 Å². The molecule has 0 spiro atoms. The van der Waals surface area contributed by atoms with E-state index in [-0.39, 0.29) is 17.4 Å². The second-order valence-electron chi connectivity index (χ2n) is 5.59. The van der Waals surface area contributed by atoms with Crippen LogP contribution in [0.1, 0.15) is 44.9 Å². The van der Waals surface area contributed by atoms with E-state index in [4.69, 9.17) is 0 Å². The summed E-state index contributed by atoms with van der Waals surface area (Å²) in [6.45, 7) is 0. The van der Waals surface area contributed by atoms with Gasteiger partial charge in [-0.15, -0.1) is 0 Å². The molecule has 17 heavy (non-hydrogen) atoms. The number of rotatable bonds is 3. The Balaban J connectivity index is 1.93. The molecule has 2 fully saturated rings. The molecule has 0 radical (unpaired) electrons. The lowest BCUT2D eigenvalue weighted by Gasteiger charge is -2.31. The second kappa shape index (κ2) is 5.24. The number of nitrogens with one attached hydrogen (secondary N) is 1. The molecule has 0 aromatic rings. The molecule has 0 aliphatic heterocycles. The molecule has 0 bridgehead atoms. The molecular weight excluding hydrogens is 238 g/mol. The molecule has 0 aromatic heterocycles.